The quantitative estimate of drug-likeness (QED) is 0.544. The molecule has 0 bridgehead atoms. The minimum atomic E-state index is -0.467. The Labute approximate surface area is 151 Å². The number of pyridine rings is 1. The summed E-state index contributed by atoms with van der Waals surface area (Å²) in [7, 11) is 0. The van der Waals surface area contributed by atoms with Crippen molar-refractivity contribution in [2.75, 3.05) is 13.2 Å². The summed E-state index contributed by atoms with van der Waals surface area (Å²) in [5.74, 6) is -0.156. The van der Waals surface area contributed by atoms with E-state index in [1.165, 1.54) is 12.3 Å². The molecule has 0 aromatic carbocycles. The lowest BCUT2D eigenvalue weighted by Gasteiger charge is -2.14. The second-order valence-electron chi connectivity index (χ2n) is 6.56. The van der Waals surface area contributed by atoms with Crippen molar-refractivity contribution in [1.82, 2.24) is 4.98 Å². The fourth-order valence-electron chi connectivity index (χ4n) is 2.22. The van der Waals surface area contributed by atoms with Gasteiger partial charge < -0.3 is 9.47 Å². The molecule has 0 aliphatic rings. The standard InChI is InChI=1S/C20H31NO4/c1-5-8-9-16(7-3)14-25-19(22)17-10-11-18(21-12-17)20(23)24-13-15(4)6-2/h10-12,15-16H,5-9,13-14H2,1-4H3. The molecular weight excluding hydrogens is 318 g/mol. The van der Waals surface area contributed by atoms with Crippen LogP contribution in [-0.4, -0.2) is 30.1 Å². The maximum absolute atomic E-state index is 12.1. The van der Waals surface area contributed by atoms with Crippen LogP contribution in [0.25, 0.3) is 0 Å². The van der Waals surface area contributed by atoms with Gasteiger partial charge in [-0.05, 0) is 30.4 Å². The van der Waals surface area contributed by atoms with Gasteiger partial charge in [0.15, 0.2) is 0 Å². The van der Waals surface area contributed by atoms with Crippen LogP contribution in [0.3, 0.4) is 0 Å². The normalized spacial score (nSPS) is 13.1. The summed E-state index contributed by atoms with van der Waals surface area (Å²) in [5.41, 5.74) is 0.554. The van der Waals surface area contributed by atoms with Gasteiger partial charge in [0.25, 0.3) is 0 Å². The molecule has 0 saturated carbocycles. The Morgan fingerprint density at radius 3 is 2.32 bits per heavy atom. The highest BCUT2D eigenvalue weighted by molar-refractivity contribution is 5.91. The molecule has 2 unspecified atom stereocenters. The molecule has 1 aromatic rings. The van der Waals surface area contributed by atoms with Crippen LogP contribution in [0.4, 0.5) is 0 Å². The monoisotopic (exact) mass is 349 g/mol. The van der Waals surface area contributed by atoms with Crippen LogP contribution >= 0.6 is 0 Å². The number of rotatable bonds is 11. The summed E-state index contributed by atoms with van der Waals surface area (Å²) >= 11 is 0. The average molecular weight is 349 g/mol. The van der Waals surface area contributed by atoms with Gasteiger partial charge in [0.2, 0.25) is 0 Å². The van der Waals surface area contributed by atoms with Gasteiger partial charge in [-0.15, -0.1) is 0 Å². The van der Waals surface area contributed by atoms with Crippen molar-refractivity contribution < 1.29 is 19.1 Å². The zero-order valence-electron chi connectivity index (χ0n) is 15.9. The molecule has 140 valence electrons. The van der Waals surface area contributed by atoms with E-state index in [-0.39, 0.29) is 5.69 Å². The molecule has 0 saturated heterocycles. The molecule has 0 N–H and O–H groups in total. The highest BCUT2D eigenvalue weighted by Crippen LogP contribution is 2.14. The highest BCUT2D eigenvalue weighted by atomic mass is 16.5. The van der Waals surface area contributed by atoms with Crippen molar-refractivity contribution in [2.24, 2.45) is 11.8 Å². The molecule has 0 spiro atoms. The number of esters is 2. The summed E-state index contributed by atoms with van der Waals surface area (Å²) < 4.78 is 10.6. The van der Waals surface area contributed by atoms with E-state index in [9.17, 15) is 9.59 Å². The Hall–Kier alpha value is -1.91. The van der Waals surface area contributed by atoms with Crippen molar-refractivity contribution in [2.45, 2.75) is 59.8 Å². The second-order valence-corrected chi connectivity index (χ2v) is 6.56. The minimum Gasteiger partial charge on any atom is -0.462 e. The van der Waals surface area contributed by atoms with Gasteiger partial charge in [-0.3, -0.25) is 0 Å². The maximum atomic E-state index is 12.1. The SMILES string of the molecule is CCCCC(CC)COC(=O)c1ccc(C(=O)OCC(C)CC)nc1. The predicted octanol–water partition coefficient (Wildman–Crippen LogP) is 4.66. The third-order valence-electron chi connectivity index (χ3n) is 4.40. The van der Waals surface area contributed by atoms with Crippen molar-refractivity contribution in [3.05, 3.63) is 29.6 Å². The maximum Gasteiger partial charge on any atom is 0.356 e. The predicted molar refractivity (Wildman–Crippen MR) is 97.6 cm³/mol. The molecule has 1 rings (SSSR count). The van der Waals surface area contributed by atoms with Crippen LogP contribution in [-0.2, 0) is 9.47 Å². The first-order valence-corrected chi connectivity index (χ1v) is 9.31. The first kappa shape index (κ1) is 21.1. The van der Waals surface area contributed by atoms with Gasteiger partial charge in [-0.1, -0.05) is 53.4 Å². The minimum absolute atomic E-state index is 0.203. The zero-order valence-corrected chi connectivity index (χ0v) is 15.9. The number of aromatic nitrogens is 1. The molecular formula is C20H31NO4. The third kappa shape index (κ3) is 7.67. The zero-order chi connectivity index (χ0) is 18.7. The number of ether oxygens (including phenoxy) is 2. The molecule has 1 aromatic heterocycles. The smallest absolute Gasteiger partial charge is 0.356 e. The number of unbranched alkanes of at least 4 members (excludes halogenated alkanes) is 1. The van der Waals surface area contributed by atoms with Gasteiger partial charge >= 0.3 is 11.9 Å². The number of nitrogens with zero attached hydrogens (tertiary/aromatic N) is 1. The number of carbonyl (C=O) groups is 2. The van der Waals surface area contributed by atoms with Gasteiger partial charge in [0.05, 0.1) is 18.8 Å². The number of hydrogen-bond donors (Lipinski definition) is 0. The van der Waals surface area contributed by atoms with Crippen molar-refractivity contribution in [1.29, 1.82) is 0 Å². The van der Waals surface area contributed by atoms with Gasteiger partial charge in [-0.25, -0.2) is 14.6 Å². The van der Waals surface area contributed by atoms with E-state index in [4.69, 9.17) is 9.47 Å². The van der Waals surface area contributed by atoms with E-state index in [2.05, 4.69) is 18.8 Å². The van der Waals surface area contributed by atoms with Gasteiger partial charge in [0, 0.05) is 6.20 Å². The van der Waals surface area contributed by atoms with Crippen molar-refractivity contribution >= 4 is 11.9 Å². The Balaban J connectivity index is 2.51. The molecule has 5 heteroatoms. The van der Waals surface area contributed by atoms with Gasteiger partial charge in [0.1, 0.15) is 5.69 Å². The van der Waals surface area contributed by atoms with Crippen LogP contribution in [0, 0.1) is 11.8 Å². The summed E-state index contributed by atoms with van der Waals surface area (Å²) in [6.07, 6.45) is 6.66. The van der Waals surface area contributed by atoms with Crippen LogP contribution in [0.5, 0.6) is 0 Å². The molecule has 0 radical (unpaired) electrons. The Kier molecular flexibility index (Phi) is 9.81. The summed E-state index contributed by atoms with van der Waals surface area (Å²) in [4.78, 5) is 28.0. The number of hydrogen-bond acceptors (Lipinski definition) is 5. The average Bonchev–Trinajstić information content (AvgIpc) is 2.65. The van der Waals surface area contributed by atoms with Crippen LogP contribution in [0.15, 0.2) is 18.3 Å². The fraction of sp³-hybridized carbons (Fsp3) is 0.650. The van der Waals surface area contributed by atoms with Crippen molar-refractivity contribution in [3.8, 4) is 0 Å². The molecule has 1 heterocycles. The molecule has 0 aliphatic heterocycles. The van der Waals surface area contributed by atoms with E-state index in [0.717, 1.165) is 32.1 Å². The third-order valence-corrected chi connectivity index (χ3v) is 4.40. The molecule has 25 heavy (non-hydrogen) atoms. The van der Waals surface area contributed by atoms with E-state index in [0.29, 0.717) is 30.6 Å². The lowest BCUT2D eigenvalue weighted by Crippen LogP contribution is -2.15. The lowest BCUT2D eigenvalue weighted by molar-refractivity contribution is 0.0417. The van der Waals surface area contributed by atoms with E-state index in [1.807, 2.05) is 13.8 Å². The van der Waals surface area contributed by atoms with E-state index >= 15 is 0 Å². The summed E-state index contributed by atoms with van der Waals surface area (Å²) in [6, 6.07) is 3.06. The highest BCUT2D eigenvalue weighted by Gasteiger charge is 2.15. The van der Waals surface area contributed by atoms with Crippen LogP contribution < -0.4 is 0 Å². The first-order chi connectivity index (χ1) is 12.0. The Bertz CT molecular complexity index is 527. The largest absolute Gasteiger partial charge is 0.462 e. The lowest BCUT2D eigenvalue weighted by atomic mass is 10.0. The second kappa shape index (κ2) is 11.6. The van der Waals surface area contributed by atoms with Gasteiger partial charge in [-0.2, -0.15) is 0 Å². The van der Waals surface area contributed by atoms with Crippen LogP contribution in [0.1, 0.15) is 80.6 Å². The number of carbonyl (C=O) groups excluding carboxylic acids is 2. The molecule has 2 atom stereocenters. The molecule has 0 aliphatic carbocycles. The first-order valence-electron chi connectivity index (χ1n) is 9.31. The molecule has 0 fully saturated rings. The van der Waals surface area contributed by atoms with Crippen molar-refractivity contribution in [3.63, 3.8) is 0 Å². The Morgan fingerprint density at radius 2 is 1.76 bits per heavy atom. The summed E-state index contributed by atoms with van der Waals surface area (Å²) in [5, 5.41) is 0. The topological polar surface area (TPSA) is 65.5 Å². The van der Waals surface area contributed by atoms with Crippen LogP contribution in [0.2, 0.25) is 0 Å². The summed E-state index contributed by atoms with van der Waals surface area (Å²) in [6.45, 7) is 9.12. The molecule has 0 amide bonds. The Morgan fingerprint density at radius 1 is 1.04 bits per heavy atom. The fourth-order valence-corrected chi connectivity index (χ4v) is 2.22. The van der Waals surface area contributed by atoms with E-state index in [1.54, 1.807) is 6.07 Å². The van der Waals surface area contributed by atoms with E-state index < -0.39 is 11.9 Å². The molecule has 5 nitrogen and oxygen atoms in total.